The summed E-state index contributed by atoms with van der Waals surface area (Å²) in [5, 5.41) is 3.20. The fraction of sp³-hybridized carbons (Fsp3) is 0.222. The molecule has 2 aromatic carbocycles. The molecule has 0 radical (unpaired) electrons. The second kappa shape index (κ2) is 7.44. The summed E-state index contributed by atoms with van der Waals surface area (Å²) in [4.78, 5) is 24.3. The molecule has 0 aromatic heterocycles. The van der Waals surface area contributed by atoms with Crippen LogP contribution < -0.4 is 14.8 Å². The number of fused-ring (bicyclic) bond motifs is 1. The third-order valence-electron chi connectivity index (χ3n) is 3.54. The van der Waals surface area contributed by atoms with Crippen LogP contribution in [0.25, 0.3) is 0 Å². The van der Waals surface area contributed by atoms with Crippen LogP contribution in [0.15, 0.2) is 42.5 Å². The average molecular weight is 362 g/mol. The zero-order valence-corrected chi connectivity index (χ0v) is 14.2. The Hall–Kier alpha value is -2.73. The molecule has 0 spiro atoms. The second-order valence-electron chi connectivity index (χ2n) is 5.40. The molecule has 7 heteroatoms. The van der Waals surface area contributed by atoms with Crippen molar-refractivity contribution in [3.63, 3.8) is 0 Å². The van der Waals surface area contributed by atoms with Gasteiger partial charge in [-0.25, -0.2) is 4.79 Å². The van der Waals surface area contributed by atoms with Gasteiger partial charge in [0.05, 0.1) is 5.56 Å². The minimum Gasteiger partial charge on any atom is -0.486 e. The van der Waals surface area contributed by atoms with Gasteiger partial charge in [-0.3, -0.25) is 4.79 Å². The first-order valence-electron chi connectivity index (χ1n) is 7.70. The van der Waals surface area contributed by atoms with Crippen LogP contribution in [-0.2, 0) is 9.53 Å². The molecule has 130 valence electrons. The number of halogens is 1. The largest absolute Gasteiger partial charge is 0.486 e. The molecular formula is C18H16ClNO5. The van der Waals surface area contributed by atoms with Gasteiger partial charge in [0.15, 0.2) is 17.6 Å². The molecule has 0 aliphatic carbocycles. The molecule has 1 amide bonds. The van der Waals surface area contributed by atoms with Crippen LogP contribution >= 0.6 is 11.6 Å². The number of carbonyl (C=O) groups excluding carboxylic acids is 2. The zero-order valence-electron chi connectivity index (χ0n) is 13.5. The van der Waals surface area contributed by atoms with Gasteiger partial charge >= 0.3 is 5.97 Å². The number of nitrogens with one attached hydrogen (secondary N) is 1. The van der Waals surface area contributed by atoms with E-state index in [9.17, 15) is 9.59 Å². The van der Waals surface area contributed by atoms with Crippen LogP contribution in [0.3, 0.4) is 0 Å². The third kappa shape index (κ3) is 4.22. The smallest absolute Gasteiger partial charge is 0.338 e. The van der Waals surface area contributed by atoms with Gasteiger partial charge in [-0.15, -0.1) is 0 Å². The molecular weight excluding hydrogens is 346 g/mol. The SMILES string of the molecule is C[C@@H](OC(=O)c1ccc(Cl)cc1)C(=O)Nc1ccc2c(c1)OCCO2. The Morgan fingerprint density at radius 3 is 2.48 bits per heavy atom. The van der Waals surface area contributed by atoms with E-state index in [0.717, 1.165) is 0 Å². The van der Waals surface area contributed by atoms with Crippen molar-refractivity contribution >= 4 is 29.2 Å². The van der Waals surface area contributed by atoms with E-state index in [1.165, 1.54) is 19.1 Å². The van der Waals surface area contributed by atoms with Crippen molar-refractivity contribution in [2.24, 2.45) is 0 Å². The predicted molar refractivity (Wildman–Crippen MR) is 92.4 cm³/mol. The molecule has 0 saturated heterocycles. The lowest BCUT2D eigenvalue weighted by molar-refractivity contribution is -0.123. The molecule has 1 aliphatic heterocycles. The first-order valence-corrected chi connectivity index (χ1v) is 8.08. The number of esters is 1. The Balaban J connectivity index is 1.60. The molecule has 1 aliphatic rings. The van der Waals surface area contributed by atoms with E-state index in [4.69, 9.17) is 25.8 Å². The summed E-state index contributed by atoms with van der Waals surface area (Å²) in [6.45, 7) is 2.46. The topological polar surface area (TPSA) is 73.9 Å². The van der Waals surface area contributed by atoms with Crippen molar-refractivity contribution in [3.05, 3.63) is 53.1 Å². The van der Waals surface area contributed by atoms with Gasteiger partial charge in [0.2, 0.25) is 0 Å². The number of carbonyl (C=O) groups is 2. The molecule has 1 N–H and O–H groups in total. The van der Waals surface area contributed by atoms with Gasteiger partial charge in [-0.1, -0.05) is 11.6 Å². The Labute approximate surface area is 149 Å². The van der Waals surface area contributed by atoms with Crippen LogP contribution in [0.5, 0.6) is 11.5 Å². The van der Waals surface area contributed by atoms with Crippen LogP contribution in [-0.4, -0.2) is 31.2 Å². The standard InChI is InChI=1S/C18H16ClNO5/c1-11(25-18(22)12-2-4-13(19)5-3-12)17(21)20-14-6-7-15-16(10-14)24-9-8-23-15/h2-7,10-11H,8-9H2,1H3,(H,20,21)/t11-/m1/s1. The predicted octanol–water partition coefficient (Wildman–Crippen LogP) is 3.30. The van der Waals surface area contributed by atoms with E-state index < -0.39 is 18.0 Å². The quantitative estimate of drug-likeness (QED) is 0.846. The lowest BCUT2D eigenvalue weighted by Gasteiger charge is -2.19. The maximum Gasteiger partial charge on any atom is 0.338 e. The number of rotatable bonds is 4. The lowest BCUT2D eigenvalue weighted by Crippen LogP contribution is -2.30. The second-order valence-corrected chi connectivity index (χ2v) is 5.84. The van der Waals surface area contributed by atoms with Crippen LogP contribution in [0.1, 0.15) is 17.3 Å². The van der Waals surface area contributed by atoms with Crippen molar-refractivity contribution < 1.29 is 23.8 Å². The van der Waals surface area contributed by atoms with Crippen molar-refractivity contribution in [2.45, 2.75) is 13.0 Å². The van der Waals surface area contributed by atoms with Gasteiger partial charge in [0.1, 0.15) is 13.2 Å². The fourth-order valence-corrected chi connectivity index (χ4v) is 2.36. The number of hydrogen-bond acceptors (Lipinski definition) is 5. The number of benzene rings is 2. The van der Waals surface area contributed by atoms with Crippen LogP contribution in [0, 0.1) is 0 Å². The zero-order chi connectivity index (χ0) is 17.8. The van der Waals surface area contributed by atoms with Gasteiger partial charge < -0.3 is 19.5 Å². The van der Waals surface area contributed by atoms with E-state index in [0.29, 0.717) is 41.0 Å². The highest BCUT2D eigenvalue weighted by Gasteiger charge is 2.20. The van der Waals surface area contributed by atoms with Crippen LogP contribution in [0.2, 0.25) is 5.02 Å². The van der Waals surface area contributed by atoms with E-state index in [2.05, 4.69) is 5.32 Å². The van der Waals surface area contributed by atoms with Crippen LogP contribution in [0.4, 0.5) is 5.69 Å². The monoisotopic (exact) mass is 361 g/mol. The van der Waals surface area contributed by atoms with E-state index in [1.54, 1.807) is 30.3 Å². The molecule has 1 heterocycles. The molecule has 1 atom stereocenters. The molecule has 25 heavy (non-hydrogen) atoms. The number of hydrogen-bond donors (Lipinski definition) is 1. The molecule has 0 unspecified atom stereocenters. The summed E-state index contributed by atoms with van der Waals surface area (Å²) < 4.78 is 16.1. The molecule has 0 bridgehead atoms. The van der Waals surface area contributed by atoms with E-state index in [-0.39, 0.29) is 0 Å². The van der Waals surface area contributed by atoms with Gasteiger partial charge in [0.25, 0.3) is 5.91 Å². The number of amides is 1. The van der Waals surface area contributed by atoms with Crippen molar-refractivity contribution in [3.8, 4) is 11.5 Å². The van der Waals surface area contributed by atoms with E-state index >= 15 is 0 Å². The Kier molecular flexibility index (Phi) is 5.09. The van der Waals surface area contributed by atoms with Gasteiger partial charge in [-0.2, -0.15) is 0 Å². The maximum absolute atomic E-state index is 12.2. The molecule has 0 fully saturated rings. The summed E-state index contributed by atoms with van der Waals surface area (Å²) in [5.74, 6) is 0.154. The third-order valence-corrected chi connectivity index (χ3v) is 3.79. The summed E-state index contributed by atoms with van der Waals surface area (Å²) >= 11 is 5.78. The summed E-state index contributed by atoms with van der Waals surface area (Å²) in [7, 11) is 0. The Morgan fingerprint density at radius 1 is 1.08 bits per heavy atom. The van der Waals surface area contributed by atoms with Gasteiger partial charge in [0, 0.05) is 16.8 Å². The molecule has 2 aromatic rings. The molecule has 0 saturated carbocycles. The normalized spacial score (nSPS) is 13.7. The molecule has 6 nitrogen and oxygen atoms in total. The number of ether oxygens (including phenoxy) is 3. The van der Waals surface area contributed by atoms with E-state index in [1.807, 2.05) is 0 Å². The van der Waals surface area contributed by atoms with Gasteiger partial charge in [-0.05, 0) is 43.3 Å². The average Bonchev–Trinajstić information content (AvgIpc) is 2.62. The van der Waals surface area contributed by atoms with Crippen molar-refractivity contribution in [2.75, 3.05) is 18.5 Å². The summed E-state index contributed by atoms with van der Waals surface area (Å²) in [6.07, 6.45) is -0.962. The highest BCUT2D eigenvalue weighted by Crippen LogP contribution is 2.32. The highest BCUT2D eigenvalue weighted by molar-refractivity contribution is 6.30. The minimum absolute atomic E-state index is 0.323. The Morgan fingerprint density at radius 2 is 1.76 bits per heavy atom. The fourth-order valence-electron chi connectivity index (χ4n) is 2.23. The lowest BCUT2D eigenvalue weighted by atomic mass is 10.2. The number of anilines is 1. The minimum atomic E-state index is -0.962. The summed E-state index contributed by atoms with van der Waals surface area (Å²) in [6, 6.07) is 11.3. The Bertz CT molecular complexity index is 791. The highest BCUT2D eigenvalue weighted by atomic mass is 35.5. The molecule has 3 rings (SSSR count). The maximum atomic E-state index is 12.2. The first-order chi connectivity index (χ1) is 12.0. The van der Waals surface area contributed by atoms with Crippen molar-refractivity contribution in [1.82, 2.24) is 0 Å². The summed E-state index contributed by atoms with van der Waals surface area (Å²) in [5.41, 5.74) is 0.854. The van der Waals surface area contributed by atoms with Crippen molar-refractivity contribution in [1.29, 1.82) is 0 Å². The first kappa shape index (κ1) is 17.1.